The van der Waals surface area contributed by atoms with E-state index in [-0.39, 0.29) is 27.5 Å². The Balaban J connectivity index is 1.65. The number of aromatic nitrogens is 2. The molecule has 1 unspecified atom stereocenters. The van der Waals surface area contributed by atoms with Crippen LogP contribution in [-0.4, -0.2) is 22.6 Å². The molecule has 1 saturated heterocycles. The third kappa shape index (κ3) is 4.61. The monoisotopic (exact) mass is 448 g/mol. The molecule has 1 aromatic carbocycles. The van der Waals surface area contributed by atoms with Gasteiger partial charge in [0, 0.05) is 24.3 Å². The zero-order chi connectivity index (χ0) is 22.4. The van der Waals surface area contributed by atoms with Gasteiger partial charge in [0.1, 0.15) is 16.4 Å². The number of halogens is 3. The van der Waals surface area contributed by atoms with Gasteiger partial charge in [0.15, 0.2) is 10.8 Å². The standard InChI is InChI=1S/C22H23F3N4OS/c1-13-12-29(13)19-17(22(23,24)25)28-20(31-19)27-15-9-7-11-26-18(15)30-16-10-6-5-8-14(16)21(2,3)4/h5-11,13H,12H2,1-4H3,(H,27,28). The summed E-state index contributed by atoms with van der Waals surface area (Å²) in [5.74, 6) is 0.912. The van der Waals surface area contributed by atoms with E-state index in [1.807, 2.05) is 31.2 Å². The summed E-state index contributed by atoms with van der Waals surface area (Å²) in [5, 5.41) is 3.25. The van der Waals surface area contributed by atoms with E-state index < -0.39 is 11.9 Å². The Bertz CT molecular complexity index is 1090. The highest BCUT2D eigenvalue weighted by atomic mass is 32.1. The van der Waals surface area contributed by atoms with Crippen LogP contribution in [0.15, 0.2) is 42.6 Å². The van der Waals surface area contributed by atoms with Gasteiger partial charge < -0.3 is 15.0 Å². The molecule has 3 heterocycles. The second kappa shape index (κ2) is 7.71. The number of para-hydroxylation sites is 1. The summed E-state index contributed by atoms with van der Waals surface area (Å²) < 4.78 is 46.6. The van der Waals surface area contributed by atoms with Crippen molar-refractivity contribution in [2.75, 3.05) is 16.8 Å². The lowest BCUT2D eigenvalue weighted by Crippen LogP contribution is -2.12. The average molecular weight is 449 g/mol. The van der Waals surface area contributed by atoms with E-state index in [4.69, 9.17) is 4.74 Å². The number of alkyl halides is 3. The van der Waals surface area contributed by atoms with Crippen molar-refractivity contribution >= 4 is 27.2 Å². The number of anilines is 3. The van der Waals surface area contributed by atoms with Crippen LogP contribution in [0.25, 0.3) is 0 Å². The molecule has 3 aromatic rings. The summed E-state index contributed by atoms with van der Waals surface area (Å²) in [6.07, 6.45) is -2.94. The predicted molar refractivity (Wildman–Crippen MR) is 117 cm³/mol. The van der Waals surface area contributed by atoms with Crippen LogP contribution in [0, 0.1) is 0 Å². The van der Waals surface area contributed by atoms with Crippen molar-refractivity contribution in [3.8, 4) is 11.6 Å². The third-order valence-corrected chi connectivity index (χ3v) is 5.92. The molecule has 1 atom stereocenters. The number of hydrogen-bond acceptors (Lipinski definition) is 6. The number of nitrogens with zero attached hydrogens (tertiary/aromatic N) is 3. The zero-order valence-corrected chi connectivity index (χ0v) is 18.4. The van der Waals surface area contributed by atoms with E-state index in [0.717, 1.165) is 16.9 Å². The number of rotatable bonds is 5. The molecule has 1 aliphatic heterocycles. The Kier molecular flexibility index (Phi) is 5.33. The third-order valence-electron chi connectivity index (χ3n) is 4.91. The maximum atomic E-state index is 13.5. The van der Waals surface area contributed by atoms with Gasteiger partial charge in [-0.15, -0.1) is 0 Å². The minimum atomic E-state index is -4.52. The van der Waals surface area contributed by atoms with E-state index in [0.29, 0.717) is 18.0 Å². The van der Waals surface area contributed by atoms with Gasteiger partial charge in [0.05, 0.1) is 0 Å². The molecular formula is C22H23F3N4OS. The minimum Gasteiger partial charge on any atom is -0.437 e. The number of hydrogen-bond donors (Lipinski definition) is 1. The fourth-order valence-electron chi connectivity index (χ4n) is 3.23. The molecule has 0 saturated carbocycles. The van der Waals surface area contributed by atoms with Crippen LogP contribution in [0.5, 0.6) is 11.6 Å². The number of thiazole rings is 1. The Morgan fingerprint density at radius 2 is 1.84 bits per heavy atom. The van der Waals surface area contributed by atoms with Crippen LogP contribution in [0.4, 0.5) is 29.0 Å². The fourth-order valence-corrected chi connectivity index (χ4v) is 4.34. The van der Waals surface area contributed by atoms with Gasteiger partial charge in [0.2, 0.25) is 5.88 Å². The Hall–Kier alpha value is -2.81. The Morgan fingerprint density at radius 1 is 1.13 bits per heavy atom. The van der Waals surface area contributed by atoms with Crippen LogP contribution in [0.2, 0.25) is 0 Å². The summed E-state index contributed by atoms with van der Waals surface area (Å²) in [7, 11) is 0. The average Bonchev–Trinajstić information content (AvgIpc) is 3.25. The summed E-state index contributed by atoms with van der Waals surface area (Å²) in [5.41, 5.74) is 0.422. The maximum Gasteiger partial charge on any atom is 0.436 e. The van der Waals surface area contributed by atoms with Gasteiger partial charge in [0.25, 0.3) is 0 Å². The fraction of sp³-hybridized carbons (Fsp3) is 0.364. The van der Waals surface area contributed by atoms with Crippen LogP contribution in [0.3, 0.4) is 0 Å². The van der Waals surface area contributed by atoms with Gasteiger partial charge in [-0.3, -0.25) is 0 Å². The molecule has 5 nitrogen and oxygen atoms in total. The predicted octanol–water partition coefficient (Wildman–Crippen LogP) is 6.60. The van der Waals surface area contributed by atoms with E-state index in [1.54, 1.807) is 23.2 Å². The molecule has 0 amide bonds. The molecule has 31 heavy (non-hydrogen) atoms. The zero-order valence-electron chi connectivity index (χ0n) is 17.6. The van der Waals surface area contributed by atoms with Gasteiger partial charge in [-0.2, -0.15) is 13.2 Å². The summed E-state index contributed by atoms with van der Waals surface area (Å²) in [6.45, 7) is 8.71. The second-order valence-electron chi connectivity index (χ2n) is 8.50. The van der Waals surface area contributed by atoms with Crippen molar-refractivity contribution in [2.24, 2.45) is 0 Å². The molecule has 1 aliphatic rings. The first-order chi connectivity index (χ1) is 14.5. The van der Waals surface area contributed by atoms with Crippen molar-refractivity contribution in [3.05, 3.63) is 53.9 Å². The minimum absolute atomic E-state index is 0.0839. The molecule has 2 aromatic heterocycles. The van der Waals surface area contributed by atoms with Crippen LogP contribution in [-0.2, 0) is 11.6 Å². The Labute approximate surface area is 182 Å². The van der Waals surface area contributed by atoms with Crippen molar-refractivity contribution in [1.82, 2.24) is 9.97 Å². The highest BCUT2D eigenvalue weighted by Crippen LogP contribution is 2.46. The van der Waals surface area contributed by atoms with E-state index >= 15 is 0 Å². The number of pyridine rings is 1. The highest BCUT2D eigenvalue weighted by molar-refractivity contribution is 7.19. The second-order valence-corrected chi connectivity index (χ2v) is 9.48. The number of benzene rings is 1. The first kappa shape index (κ1) is 21.4. The van der Waals surface area contributed by atoms with Gasteiger partial charge in [-0.25, -0.2) is 9.97 Å². The van der Waals surface area contributed by atoms with Crippen LogP contribution >= 0.6 is 11.3 Å². The SMILES string of the molecule is CC1CN1c1sc(Nc2cccnc2Oc2ccccc2C(C)(C)C)nc1C(F)(F)F. The highest BCUT2D eigenvalue weighted by Gasteiger charge is 2.43. The first-order valence-corrected chi connectivity index (χ1v) is 10.7. The lowest BCUT2D eigenvalue weighted by atomic mass is 9.86. The molecule has 4 rings (SSSR count). The van der Waals surface area contributed by atoms with Crippen molar-refractivity contribution in [2.45, 2.75) is 45.3 Å². The van der Waals surface area contributed by atoms with Crippen molar-refractivity contribution in [1.29, 1.82) is 0 Å². The summed E-state index contributed by atoms with van der Waals surface area (Å²) in [6, 6.07) is 11.1. The van der Waals surface area contributed by atoms with E-state index in [9.17, 15) is 13.2 Å². The lowest BCUT2D eigenvalue weighted by molar-refractivity contribution is -0.140. The molecule has 1 fully saturated rings. The molecule has 9 heteroatoms. The number of nitrogens with one attached hydrogen (secondary N) is 1. The first-order valence-electron chi connectivity index (χ1n) is 9.88. The number of ether oxygens (including phenoxy) is 1. The molecule has 1 N–H and O–H groups in total. The van der Waals surface area contributed by atoms with Crippen LogP contribution < -0.4 is 15.0 Å². The van der Waals surface area contributed by atoms with Crippen molar-refractivity contribution in [3.63, 3.8) is 0 Å². The largest absolute Gasteiger partial charge is 0.437 e. The molecule has 164 valence electrons. The van der Waals surface area contributed by atoms with Gasteiger partial charge in [-0.05, 0) is 30.5 Å². The quantitative estimate of drug-likeness (QED) is 0.446. The van der Waals surface area contributed by atoms with E-state index in [2.05, 4.69) is 36.1 Å². The Morgan fingerprint density at radius 3 is 2.48 bits per heavy atom. The van der Waals surface area contributed by atoms with Gasteiger partial charge in [-0.1, -0.05) is 50.3 Å². The molecular weight excluding hydrogens is 425 g/mol. The topological polar surface area (TPSA) is 50.0 Å². The van der Waals surface area contributed by atoms with Gasteiger partial charge >= 0.3 is 6.18 Å². The summed E-state index contributed by atoms with van der Waals surface area (Å²) in [4.78, 5) is 9.81. The molecule has 0 bridgehead atoms. The smallest absolute Gasteiger partial charge is 0.436 e. The lowest BCUT2D eigenvalue weighted by Gasteiger charge is -2.22. The summed E-state index contributed by atoms with van der Waals surface area (Å²) >= 11 is 0.978. The molecule has 0 aliphatic carbocycles. The van der Waals surface area contributed by atoms with Crippen LogP contribution in [0.1, 0.15) is 39.0 Å². The molecule has 0 spiro atoms. The van der Waals surface area contributed by atoms with E-state index in [1.165, 1.54) is 0 Å². The molecule has 0 radical (unpaired) electrons. The van der Waals surface area contributed by atoms with Crippen molar-refractivity contribution < 1.29 is 17.9 Å². The maximum absolute atomic E-state index is 13.5. The normalized spacial score (nSPS) is 16.4.